The van der Waals surface area contributed by atoms with Crippen LogP contribution in [0.3, 0.4) is 0 Å². The fourth-order valence-electron chi connectivity index (χ4n) is 5.33. The molecule has 3 heterocycles. The molecule has 0 bridgehead atoms. The lowest BCUT2D eigenvalue weighted by atomic mass is 10.0. The monoisotopic (exact) mass is 517 g/mol. The Kier molecular flexibility index (Phi) is 6.40. The van der Waals surface area contributed by atoms with Gasteiger partial charge < -0.3 is 19.5 Å². The number of anilines is 1. The SMILES string of the molecule is CCOc1ccc([C@H]2c3cccn3-c3c(c(C)nn3-c3ccccc3)CN2C(=O)Nc2cccc(C)c2)cc1. The minimum absolute atomic E-state index is 0.174. The fourth-order valence-corrected chi connectivity index (χ4v) is 5.33. The molecule has 7 heteroatoms. The normalized spacial score (nSPS) is 14.3. The Morgan fingerprint density at radius 3 is 2.51 bits per heavy atom. The van der Waals surface area contributed by atoms with Crippen LogP contribution in [0, 0.1) is 13.8 Å². The van der Waals surface area contributed by atoms with Crippen molar-refractivity contribution in [3.8, 4) is 17.3 Å². The Hall–Kier alpha value is -4.78. The van der Waals surface area contributed by atoms with Crippen LogP contribution in [0.5, 0.6) is 5.75 Å². The van der Waals surface area contributed by atoms with Crippen molar-refractivity contribution < 1.29 is 9.53 Å². The number of hydrogen-bond donors (Lipinski definition) is 1. The number of benzene rings is 3. The van der Waals surface area contributed by atoms with Crippen molar-refractivity contribution >= 4 is 11.7 Å². The Bertz CT molecular complexity index is 1620. The molecule has 5 aromatic rings. The van der Waals surface area contributed by atoms with Crippen LogP contribution in [0.25, 0.3) is 11.5 Å². The number of para-hydroxylation sites is 1. The number of fused-ring (bicyclic) bond motifs is 3. The molecule has 196 valence electrons. The van der Waals surface area contributed by atoms with Crippen LogP contribution in [-0.2, 0) is 6.54 Å². The number of aromatic nitrogens is 3. The van der Waals surface area contributed by atoms with Crippen molar-refractivity contribution in [1.82, 2.24) is 19.2 Å². The summed E-state index contributed by atoms with van der Waals surface area (Å²) in [5.41, 5.74) is 6.69. The first-order valence-electron chi connectivity index (χ1n) is 13.2. The number of nitrogens with zero attached hydrogens (tertiary/aromatic N) is 4. The molecule has 0 saturated heterocycles. The number of rotatable bonds is 5. The van der Waals surface area contributed by atoms with Crippen LogP contribution in [0.4, 0.5) is 10.5 Å². The van der Waals surface area contributed by atoms with Crippen molar-refractivity contribution in [2.24, 2.45) is 0 Å². The van der Waals surface area contributed by atoms with Gasteiger partial charge in [0.1, 0.15) is 11.6 Å². The molecule has 39 heavy (non-hydrogen) atoms. The third kappa shape index (κ3) is 4.56. The van der Waals surface area contributed by atoms with Gasteiger partial charge in [0.15, 0.2) is 0 Å². The van der Waals surface area contributed by atoms with Gasteiger partial charge in [-0.25, -0.2) is 9.48 Å². The lowest BCUT2D eigenvalue weighted by Crippen LogP contribution is -2.38. The molecule has 0 radical (unpaired) electrons. The highest BCUT2D eigenvalue weighted by Crippen LogP contribution is 2.39. The second kappa shape index (κ2) is 10.2. The number of nitrogens with one attached hydrogen (secondary N) is 1. The average molecular weight is 518 g/mol. The van der Waals surface area contributed by atoms with E-state index in [9.17, 15) is 4.79 Å². The highest BCUT2D eigenvalue weighted by atomic mass is 16.5. The lowest BCUT2D eigenvalue weighted by Gasteiger charge is -2.31. The number of ether oxygens (including phenoxy) is 1. The minimum atomic E-state index is -0.337. The van der Waals surface area contributed by atoms with Gasteiger partial charge in [-0.15, -0.1) is 0 Å². The van der Waals surface area contributed by atoms with Crippen LogP contribution in [0.15, 0.2) is 97.2 Å². The lowest BCUT2D eigenvalue weighted by molar-refractivity contribution is 0.194. The van der Waals surface area contributed by atoms with E-state index in [1.165, 1.54) is 0 Å². The molecule has 1 atom stereocenters. The summed E-state index contributed by atoms with van der Waals surface area (Å²) < 4.78 is 9.85. The molecule has 6 rings (SSSR count). The molecular formula is C32H31N5O2. The number of carbonyl (C=O) groups excluding carboxylic acids is 1. The van der Waals surface area contributed by atoms with Gasteiger partial charge in [-0.05, 0) is 80.4 Å². The van der Waals surface area contributed by atoms with E-state index in [1.807, 2.05) is 115 Å². The average Bonchev–Trinajstić information content (AvgIpc) is 3.50. The zero-order valence-corrected chi connectivity index (χ0v) is 22.3. The number of aryl methyl sites for hydroxylation is 2. The first kappa shape index (κ1) is 24.6. The summed E-state index contributed by atoms with van der Waals surface area (Å²) in [5, 5.41) is 8.07. The first-order valence-corrected chi connectivity index (χ1v) is 13.2. The Balaban J connectivity index is 1.51. The summed E-state index contributed by atoms with van der Waals surface area (Å²) in [5.74, 6) is 1.75. The molecule has 0 saturated carbocycles. The van der Waals surface area contributed by atoms with Crippen LogP contribution >= 0.6 is 0 Å². The van der Waals surface area contributed by atoms with Crippen molar-refractivity contribution in [3.05, 3.63) is 125 Å². The van der Waals surface area contributed by atoms with Crippen LogP contribution in [0.1, 0.15) is 41.0 Å². The third-order valence-corrected chi connectivity index (χ3v) is 7.12. The van der Waals surface area contributed by atoms with E-state index in [0.29, 0.717) is 13.2 Å². The maximum Gasteiger partial charge on any atom is 0.322 e. The van der Waals surface area contributed by atoms with Gasteiger partial charge in [-0.1, -0.05) is 42.5 Å². The molecule has 1 aliphatic heterocycles. The summed E-state index contributed by atoms with van der Waals surface area (Å²) in [6.45, 7) is 6.99. The fraction of sp³-hybridized carbons (Fsp3) is 0.188. The molecule has 2 amide bonds. The molecule has 0 fully saturated rings. The standard InChI is InChI=1S/C32H31N5O2/c1-4-39-27-17-15-24(16-18-27)30-29-14-9-19-35(29)31-28(23(3)34-37(31)26-12-6-5-7-13-26)21-36(30)32(38)33-25-11-8-10-22(2)20-25/h5-20,30H,4,21H2,1-3H3,(H,33,38)/t30-/m0/s1. The van der Waals surface area contributed by atoms with Gasteiger partial charge >= 0.3 is 6.03 Å². The maximum atomic E-state index is 14.1. The quantitative estimate of drug-likeness (QED) is 0.278. The van der Waals surface area contributed by atoms with E-state index in [0.717, 1.165) is 51.0 Å². The predicted molar refractivity (Wildman–Crippen MR) is 153 cm³/mol. The van der Waals surface area contributed by atoms with E-state index in [2.05, 4.69) is 22.1 Å². The van der Waals surface area contributed by atoms with E-state index in [1.54, 1.807) is 0 Å². The summed E-state index contributed by atoms with van der Waals surface area (Å²) in [4.78, 5) is 16.0. The third-order valence-electron chi connectivity index (χ3n) is 7.12. The molecular weight excluding hydrogens is 486 g/mol. The second-order valence-corrected chi connectivity index (χ2v) is 9.77. The highest BCUT2D eigenvalue weighted by Gasteiger charge is 2.36. The first-order chi connectivity index (χ1) is 19.0. The van der Waals surface area contributed by atoms with Crippen LogP contribution < -0.4 is 10.1 Å². The Morgan fingerprint density at radius 2 is 1.77 bits per heavy atom. The maximum absolute atomic E-state index is 14.1. The highest BCUT2D eigenvalue weighted by molar-refractivity contribution is 5.90. The molecule has 0 aliphatic carbocycles. The summed E-state index contributed by atoms with van der Waals surface area (Å²) in [7, 11) is 0. The van der Waals surface area contributed by atoms with E-state index < -0.39 is 0 Å². The summed E-state index contributed by atoms with van der Waals surface area (Å²) >= 11 is 0. The van der Waals surface area contributed by atoms with Gasteiger partial charge in [0.2, 0.25) is 0 Å². The van der Waals surface area contributed by atoms with Crippen LogP contribution in [-0.4, -0.2) is 31.9 Å². The Labute approximate surface area is 228 Å². The van der Waals surface area contributed by atoms with Crippen molar-refractivity contribution in [1.29, 1.82) is 0 Å². The van der Waals surface area contributed by atoms with Gasteiger partial charge in [-0.3, -0.25) is 0 Å². The second-order valence-electron chi connectivity index (χ2n) is 9.77. The van der Waals surface area contributed by atoms with Crippen molar-refractivity contribution in [2.45, 2.75) is 33.4 Å². The van der Waals surface area contributed by atoms with E-state index in [-0.39, 0.29) is 12.1 Å². The zero-order valence-electron chi connectivity index (χ0n) is 22.3. The molecule has 0 unspecified atom stereocenters. The van der Waals surface area contributed by atoms with Crippen molar-refractivity contribution in [2.75, 3.05) is 11.9 Å². The topological polar surface area (TPSA) is 64.3 Å². The number of amides is 2. The minimum Gasteiger partial charge on any atom is -0.494 e. The molecule has 3 aromatic carbocycles. The molecule has 2 aromatic heterocycles. The predicted octanol–water partition coefficient (Wildman–Crippen LogP) is 6.82. The van der Waals surface area contributed by atoms with Gasteiger partial charge in [0.25, 0.3) is 0 Å². The van der Waals surface area contributed by atoms with Crippen molar-refractivity contribution in [3.63, 3.8) is 0 Å². The van der Waals surface area contributed by atoms with Gasteiger partial charge in [0, 0.05) is 17.4 Å². The molecule has 1 N–H and O–H groups in total. The van der Waals surface area contributed by atoms with E-state index >= 15 is 0 Å². The van der Waals surface area contributed by atoms with E-state index in [4.69, 9.17) is 9.84 Å². The largest absolute Gasteiger partial charge is 0.494 e. The molecule has 0 spiro atoms. The molecule has 1 aliphatic rings. The number of hydrogen-bond acceptors (Lipinski definition) is 3. The number of urea groups is 1. The zero-order chi connectivity index (χ0) is 26.9. The summed E-state index contributed by atoms with van der Waals surface area (Å²) in [6.07, 6.45) is 2.05. The Morgan fingerprint density at radius 1 is 0.974 bits per heavy atom. The molecule has 7 nitrogen and oxygen atoms in total. The summed E-state index contributed by atoms with van der Waals surface area (Å²) in [6, 6.07) is 29.6. The van der Waals surface area contributed by atoms with Gasteiger partial charge in [0.05, 0.1) is 36.3 Å². The smallest absolute Gasteiger partial charge is 0.322 e. The van der Waals surface area contributed by atoms with Crippen LogP contribution in [0.2, 0.25) is 0 Å². The number of carbonyl (C=O) groups is 1. The van der Waals surface area contributed by atoms with Gasteiger partial charge in [-0.2, -0.15) is 5.10 Å².